The van der Waals surface area contributed by atoms with Crippen LogP contribution < -0.4 is 9.47 Å². The second-order valence-electron chi connectivity index (χ2n) is 6.64. The van der Waals surface area contributed by atoms with Crippen LogP contribution in [0.25, 0.3) is 10.6 Å². The Bertz CT molecular complexity index is 773. The van der Waals surface area contributed by atoms with Crippen molar-refractivity contribution < 1.29 is 19.0 Å². The number of nitrogens with zero attached hydrogens (tertiary/aromatic N) is 2. The summed E-state index contributed by atoms with van der Waals surface area (Å²) in [5.41, 5.74) is 1.63. The van der Waals surface area contributed by atoms with E-state index in [2.05, 4.69) is 18.8 Å². The molecule has 7 heteroatoms. The SMILES string of the molecule is COCCN(CC(C)C)C(=O)c1sc(-c2ccc(OC)c(OC)c2)nc1C. The maximum Gasteiger partial charge on any atom is 0.265 e. The highest BCUT2D eigenvalue weighted by molar-refractivity contribution is 7.17. The fourth-order valence-electron chi connectivity index (χ4n) is 2.75. The van der Waals surface area contributed by atoms with Crippen LogP contribution in [0.4, 0.5) is 0 Å². The zero-order valence-corrected chi connectivity index (χ0v) is 17.7. The molecule has 0 aliphatic heterocycles. The van der Waals surface area contributed by atoms with E-state index in [1.807, 2.05) is 30.0 Å². The molecule has 0 atom stereocenters. The Morgan fingerprint density at radius 3 is 2.48 bits per heavy atom. The number of aryl methyl sites for hydroxylation is 1. The minimum atomic E-state index is 0.00229. The third-order valence-corrected chi connectivity index (χ3v) is 5.25. The fraction of sp³-hybridized carbons (Fsp3) is 0.500. The van der Waals surface area contributed by atoms with Gasteiger partial charge in [0.05, 0.1) is 26.5 Å². The second kappa shape index (κ2) is 9.71. The molecule has 1 heterocycles. The first-order chi connectivity index (χ1) is 12.9. The van der Waals surface area contributed by atoms with Crippen molar-refractivity contribution in [2.75, 3.05) is 41.0 Å². The van der Waals surface area contributed by atoms with Crippen LogP contribution >= 0.6 is 11.3 Å². The van der Waals surface area contributed by atoms with E-state index in [-0.39, 0.29) is 5.91 Å². The summed E-state index contributed by atoms with van der Waals surface area (Å²) in [6.45, 7) is 7.84. The molecule has 0 bridgehead atoms. The van der Waals surface area contributed by atoms with Gasteiger partial charge in [-0.05, 0) is 31.0 Å². The maximum atomic E-state index is 13.1. The summed E-state index contributed by atoms with van der Waals surface area (Å²) in [5, 5.41) is 0.785. The predicted molar refractivity (Wildman–Crippen MR) is 108 cm³/mol. The van der Waals surface area contributed by atoms with Gasteiger partial charge >= 0.3 is 0 Å². The molecule has 148 valence electrons. The van der Waals surface area contributed by atoms with Gasteiger partial charge in [-0.25, -0.2) is 4.98 Å². The minimum absolute atomic E-state index is 0.00229. The third-order valence-electron chi connectivity index (χ3n) is 4.06. The third kappa shape index (κ3) is 5.20. The minimum Gasteiger partial charge on any atom is -0.493 e. The molecule has 0 spiro atoms. The van der Waals surface area contributed by atoms with E-state index < -0.39 is 0 Å². The highest BCUT2D eigenvalue weighted by Crippen LogP contribution is 2.35. The number of thiazole rings is 1. The van der Waals surface area contributed by atoms with Gasteiger partial charge in [-0.1, -0.05) is 13.8 Å². The molecule has 1 aromatic heterocycles. The topological polar surface area (TPSA) is 60.9 Å². The number of benzene rings is 1. The summed E-state index contributed by atoms with van der Waals surface area (Å²) in [5.74, 6) is 1.68. The Morgan fingerprint density at radius 1 is 1.19 bits per heavy atom. The van der Waals surface area contributed by atoms with Gasteiger partial charge in [0, 0.05) is 25.8 Å². The Kier molecular flexibility index (Phi) is 7.62. The largest absolute Gasteiger partial charge is 0.493 e. The summed E-state index contributed by atoms with van der Waals surface area (Å²) >= 11 is 1.40. The zero-order chi connectivity index (χ0) is 20.0. The fourth-order valence-corrected chi connectivity index (χ4v) is 3.78. The summed E-state index contributed by atoms with van der Waals surface area (Å²) in [6, 6.07) is 5.64. The maximum absolute atomic E-state index is 13.1. The Morgan fingerprint density at radius 2 is 1.89 bits per heavy atom. The first-order valence-corrected chi connectivity index (χ1v) is 9.70. The molecule has 2 aromatic rings. The van der Waals surface area contributed by atoms with E-state index in [4.69, 9.17) is 14.2 Å². The van der Waals surface area contributed by atoms with Gasteiger partial charge in [-0.2, -0.15) is 0 Å². The van der Waals surface area contributed by atoms with Crippen LogP contribution in [0.1, 0.15) is 29.2 Å². The smallest absolute Gasteiger partial charge is 0.265 e. The molecule has 0 radical (unpaired) electrons. The van der Waals surface area contributed by atoms with Crippen LogP contribution in [0.15, 0.2) is 18.2 Å². The predicted octanol–water partition coefficient (Wildman–Crippen LogP) is 3.88. The van der Waals surface area contributed by atoms with Gasteiger partial charge in [-0.15, -0.1) is 11.3 Å². The lowest BCUT2D eigenvalue weighted by Gasteiger charge is -2.23. The average Bonchev–Trinajstić information content (AvgIpc) is 3.05. The number of amides is 1. The molecule has 0 aliphatic rings. The number of hydrogen-bond donors (Lipinski definition) is 0. The van der Waals surface area contributed by atoms with Crippen LogP contribution in [0.5, 0.6) is 11.5 Å². The van der Waals surface area contributed by atoms with Crippen molar-refractivity contribution in [3.63, 3.8) is 0 Å². The van der Waals surface area contributed by atoms with E-state index in [0.717, 1.165) is 16.3 Å². The van der Waals surface area contributed by atoms with Crippen molar-refractivity contribution in [2.24, 2.45) is 5.92 Å². The molecule has 1 amide bonds. The molecule has 0 unspecified atom stereocenters. The van der Waals surface area contributed by atoms with E-state index in [9.17, 15) is 4.79 Å². The van der Waals surface area contributed by atoms with Crippen LogP contribution in [0, 0.1) is 12.8 Å². The molecule has 6 nitrogen and oxygen atoms in total. The van der Waals surface area contributed by atoms with Crippen molar-refractivity contribution in [3.8, 4) is 22.1 Å². The highest BCUT2D eigenvalue weighted by Gasteiger charge is 2.23. The lowest BCUT2D eigenvalue weighted by atomic mass is 10.2. The van der Waals surface area contributed by atoms with E-state index in [1.165, 1.54) is 11.3 Å². The quantitative estimate of drug-likeness (QED) is 0.648. The molecule has 1 aromatic carbocycles. The van der Waals surface area contributed by atoms with Gasteiger partial charge in [0.25, 0.3) is 5.91 Å². The van der Waals surface area contributed by atoms with Crippen LogP contribution in [0.2, 0.25) is 0 Å². The van der Waals surface area contributed by atoms with E-state index in [1.54, 1.807) is 21.3 Å². The second-order valence-corrected chi connectivity index (χ2v) is 7.64. The van der Waals surface area contributed by atoms with Gasteiger partial charge in [-0.3, -0.25) is 4.79 Å². The highest BCUT2D eigenvalue weighted by atomic mass is 32.1. The normalized spacial score (nSPS) is 10.9. The van der Waals surface area contributed by atoms with Crippen molar-refractivity contribution in [1.82, 2.24) is 9.88 Å². The summed E-state index contributed by atoms with van der Waals surface area (Å²) in [4.78, 5) is 20.2. The molecule has 2 rings (SSSR count). The molecule has 0 aliphatic carbocycles. The van der Waals surface area contributed by atoms with Crippen molar-refractivity contribution in [1.29, 1.82) is 0 Å². The first-order valence-electron chi connectivity index (χ1n) is 8.89. The lowest BCUT2D eigenvalue weighted by molar-refractivity contribution is 0.0676. The number of rotatable bonds is 9. The molecular formula is C20H28N2O4S. The van der Waals surface area contributed by atoms with E-state index in [0.29, 0.717) is 42.0 Å². The molecule has 27 heavy (non-hydrogen) atoms. The molecule has 0 N–H and O–H groups in total. The van der Waals surface area contributed by atoms with Crippen LogP contribution in [-0.2, 0) is 4.74 Å². The molecule has 0 saturated carbocycles. The summed E-state index contributed by atoms with van der Waals surface area (Å²) in [6.07, 6.45) is 0. The number of hydrogen-bond acceptors (Lipinski definition) is 6. The number of aromatic nitrogens is 1. The lowest BCUT2D eigenvalue weighted by Crippen LogP contribution is -2.36. The average molecular weight is 393 g/mol. The zero-order valence-electron chi connectivity index (χ0n) is 16.9. The summed E-state index contributed by atoms with van der Waals surface area (Å²) in [7, 11) is 4.85. The molecule has 0 saturated heterocycles. The number of carbonyl (C=O) groups excluding carboxylic acids is 1. The van der Waals surface area contributed by atoms with Crippen molar-refractivity contribution in [3.05, 3.63) is 28.8 Å². The molecular weight excluding hydrogens is 364 g/mol. The Labute approximate surface area is 165 Å². The molecule has 0 fully saturated rings. The Balaban J connectivity index is 2.32. The van der Waals surface area contributed by atoms with Crippen LogP contribution in [-0.4, -0.2) is 56.8 Å². The number of ether oxygens (including phenoxy) is 3. The van der Waals surface area contributed by atoms with Gasteiger partial charge < -0.3 is 19.1 Å². The number of carbonyl (C=O) groups is 1. The monoisotopic (exact) mass is 392 g/mol. The van der Waals surface area contributed by atoms with Gasteiger partial charge in [0.15, 0.2) is 11.5 Å². The standard InChI is InChI=1S/C20H28N2O4S/c1-13(2)12-22(9-10-24-4)20(23)18-14(3)21-19(27-18)15-7-8-16(25-5)17(11-15)26-6/h7-8,11,13H,9-10,12H2,1-6H3. The summed E-state index contributed by atoms with van der Waals surface area (Å²) < 4.78 is 15.8. The van der Waals surface area contributed by atoms with E-state index >= 15 is 0 Å². The first kappa shape index (κ1) is 21.2. The van der Waals surface area contributed by atoms with Gasteiger partial charge in [0.2, 0.25) is 0 Å². The van der Waals surface area contributed by atoms with Gasteiger partial charge in [0.1, 0.15) is 9.88 Å². The van der Waals surface area contributed by atoms with Crippen LogP contribution in [0.3, 0.4) is 0 Å². The Hall–Kier alpha value is -2.12. The van der Waals surface area contributed by atoms with Crippen molar-refractivity contribution >= 4 is 17.2 Å². The van der Waals surface area contributed by atoms with Crippen molar-refractivity contribution in [2.45, 2.75) is 20.8 Å². The number of methoxy groups -OCH3 is 3.